The second-order valence-corrected chi connectivity index (χ2v) is 8.57. The van der Waals surface area contributed by atoms with Crippen LogP contribution in [0.5, 0.6) is 0 Å². The molecule has 0 spiro atoms. The van der Waals surface area contributed by atoms with Gasteiger partial charge in [-0.25, -0.2) is 9.18 Å². The number of carboxylic acids is 1. The summed E-state index contributed by atoms with van der Waals surface area (Å²) in [6.07, 6.45) is 5.28. The molecule has 6 nitrogen and oxygen atoms in total. The summed E-state index contributed by atoms with van der Waals surface area (Å²) in [6, 6.07) is 8.57. The summed E-state index contributed by atoms with van der Waals surface area (Å²) >= 11 is 1.29. The van der Waals surface area contributed by atoms with Gasteiger partial charge in [0.05, 0.1) is 10.2 Å². The molecule has 0 saturated heterocycles. The van der Waals surface area contributed by atoms with Crippen molar-refractivity contribution in [3.63, 3.8) is 0 Å². The van der Waals surface area contributed by atoms with E-state index in [-0.39, 0.29) is 24.4 Å². The normalized spacial score (nSPS) is 13.8. The highest BCUT2D eigenvalue weighted by Gasteiger charge is 2.28. The summed E-state index contributed by atoms with van der Waals surface area (Å²) in [7, 11) is 0. The fourth-order valence-corrected chi connectivity index (χ4v) is 4.87. The first-order chi connectivity index (χ1) is 15.3. The van der Waals surface area contributed by atoms with Crippen LogP contribution in [-0.2, 0) is 11.3 Å². The van der Waals surface area contributed by atoms with E-state index in [2.05, 4.69) is 4.37 Å². The topological polar surface area (TPSA) is 98.2 Å². The number of ketones is 1. The van der Waals surface area contributed by atoms with E-state index >= 15 is 0 Å². The molecule has 160 valence electrons. The van der Waals surface area contributed by atoms with Crippen LogP contribution < -0.4 is 5.73 Å². The standard InChI is InChI=1S/C24H18FN3O3S/c1-12-8-15-18(10-17(12)25)28(11-13-6-7-20-16(9-13)23(26)27-32-20)22(24(30)31)21(15)14-4-2-3-5-19(14)29/h2-4,6-10H,5,11H2,1H3,(H2,26,27)(H,30,31). The number of carbonyl (C=O) groups is 2. The van der Waals surface area contributed by atoms with E-state index in [1.54, 1.807) is 35.8 Å². The van der Waals surface area contributed by atoms with Crippen LogP contribution in [0.1, 0.15) is 33.6 Å². The number of Topliss-reactive ketones (excluding diaryl/α,β-unsaturated/α-hetero) is 1. The van der Waals surface area contributed by atoms with E-state index < -0.39 is 11.8 Å². The fraction of sp³-hybridized carbons (Fsp3) is 0.125. The van der Waals surface area contributed by atoms with E-state index in [0.717, 1.165) is 15.6 Å². The minimum absolute atomic E-state index is 0.0450. The molecule has 0 atom stereocenters. The molecule has 2 aromatic carbocycles. The molecular formula is C24H18FN3O3S. The average Bonchev–Trinajstić information content (AvgIpc) is 3.27. The zero-order valence-electron chi connectivity index (χ0n) is 17.1. The number of aryl methyl sites for hydroxylation is 1. The summed E-state index contributed by atoms with van der Waals surface area (Å²) < 4.78 is 21.2. The van der Waals surface area contributed by atoms with Gasteiger partial charge in [0.1, 0.15) is 17.3 Å². The predicted octanol–water partition coefficient (Wildman–Crippen LogP) is 4.94. The zero-order valence-corrected chi connectivity index (χ0v) is 17.9. The number of carbonyl (C=O) groups excluding carboxylic acids is 1. The van der Waals surface area contributed by atoms with E-state index in [1.807, 2.05) is 18.2 Å². The monoisotopic (exact) mass is 447 g/mol. The first-order valence-electron chi connectivity index (χ1n) is 9.95. The van der Waals surface area contributed by atoms with E-state index in [1.165, 1.54) is 17.6 Å². The Morgan fingerprint density at radius 1 is 1.28 bits per heavy atom. The molecule has 0 radical (unpaired) electrons. The second-order valence-electron chi connectivity index (χ2n) is 7.77. The molecule has 5 rings (SSSR count). The number of hydrogen-bond acceptors (Lipinski definition) is 5. The molecule has 0 unspecified atom stereocenters. The number of anilines is 1. The van der Waals surface area contributed by atoms with Crippen LogP contribution in [0.25, 0.3) is 26.6 Å². The zero-order chi connectivity index (χ0) is 22.6. The van der Waals surface area contributed by atoms with Crippen LogP contribution in [0.3, 0.4) is 0 Å². The van der Waals surface area contributed by atoms with Gasteiger partial charge in [-0.05, 0) is 53.8 Å². The Balaban J connectivity index is 1.80. The number of hydrogen-bond donors (Lipinski definition) is 2. The lowest BCUT2D eigenvalue weighted by Gasteiger charge is -2.11. The number of rotatable bonds is 4. The van der Waals surface area contributed by atoms with Crippen molar-refractivity contribution in [3.8, 4) is 0 Å². The maximum absolute atomic E-state index is 14.6. The first kappa shape index (κ1) is 20.1. The van der Waals surface area contributed by atoms with Crippen LogP contribution in [-0.4, -0.2) is 25.8 Å². The highest BCUT2D eigenvalue weighted by molar-refractivity contribution is 7.13. The Hall–Kier alpha value is -3.78. The maximum atomic E-state index is 14.6. The SMILES string of the molecule is Cc1cc2c(C3=CC=CCC3=O)c(C(=O)O)n(Cc3ccc4snc(N)c4c3)c2cc1F. The third kappa shape index (κ3) is 3.11. The Bertz CT molecular complexity index is 1510. The molecule has 2 aromatic heterocycles. The molecule has 2 heterocycles. The Labute approximate surface area is 186 Å². The van der Waals surface area contributed by atoms with Crippen LogP contribution >= 0.6 is 11.5 Å². The van der Waals surface area contributed by atoms with Crippen LogP contribution in [0.2, 0.25) is 0 Å². The smallest absolute Gasteiger partial charge is 0.353 e. The lowest BCUT2D eigenvalue weighted by atomic mass is 9.93. The number of nitrogens with two attached hydrogens (primary N) is 1. The van der Waals surface area contributed by atoms with Crippen LogP contribution in [0.4, 0.5) is 10.2 Å². The van der Waals surface area contributed by atoms with Gasteiger partial charge in [-0.2, -0.15) is 4.37 Å². The largest absolute Gasteiger partial charge is 0.477 e. The first-order valence-corrected chi connectivity index (χ1v) is 10.7. The van der Waals surface area contributed by atoms with E-state index in [0.29, 0.717) is 33.4 Å². The number of nitrogen functional groups attached to an aromatic ring is 1. The minimum atomic E-state index is -1.18. The molecule has 0 fully saturated rings. The highest BCUT2D eigenvalue weighted by atomic mass is 32.1. The van der Waals surface area contributed by atoms with Crippen LogP contribution in [0, 0.1) is 12.7 Å². The quantitative estimate of drug-likeness (QED) is 0.462. The van der Waals surface area contributed by atoms with Gasteiger partial charge in [0.2, 0.25) is 0 Å². The van der Waals surface area contributed by atoms with Crippen molar-refractivity contribution in [2.24, 2.45) is 0 Å². The summed E-state index contributed by atoms with van der Waals surface area (Å²) in [4.78, 5) is 25.1. The lowest BCUT2D eigenvalue weighted by molar-refractivity contribution is -0.113. The van der Waals surface area contributed by atoms with Crippen molar-refractivity contribution < 1.29 is 19.1 Å². The number of carboxylic acid groups (broad SMARTS) is 1. The van der Waals surface area contributed by atoms with Crippen LogP contribution in [0.15, 0.2) is 48.6 Å². The van der Waals surface area contributed by atoms with Crippen molar-refractivity contribution in [1.82, 2.24) is 8.94 Å². The third-order valence-corrected chi connectivity index (χ3v) is 6.56. The minimum Gasteiger partial charge on any atom is -0.477 e. The molecule has 8 heteroatoms. The molecule has 1 aliphatic carbocycles. The van der Waals surface area contributed by atoms with Crippen molar-refractivity contribution in [2.45, 2.75) is 19.9 Å². The molecule has 0 aliphatic heterocycles. The van der Waals surface area contributed by atoms with Gasteiger partial charge < -0.3 is 15.4 Å². The molecule has 3 N–H and O–H groups in total. The van der Waals surface area contributed by atoms with Gasteiger partial charge in [0, 0.05) is 34.9 Å². The lowest BCUT2D eigenvalue weighted by Crippen LogP contribution is -2.13. The van der Waals surface area contributed by atoms with E-state index in [4.69, 9.17) is 5.73 Å². The number of nitrogens with zero attached hydrogens (tertiary/aromatic N) is 2. The second kappa shape index (κ2) is 7.42. The number of allylic oxidation sites excluding steroid dienone is 4. The van der Waals surface area contributed by atoms with Crippen molar-refractivity contribution in [2.75, 3.05) is 5.73 Å². The summed E-state index contributed by atoms with van der Waals surface area (Å²) in [5, 5.41) is 11.5. The Morgan fingerprint density at radius 3 is 2.84 bits per heavy atom. The number of benzene rings is 2. The van der Waals surface area contributed by atoms with Gasteiger partial charge in [-0.3, -0.25) is 4.79 Å². The molecule has 4 aromatic rings. The van der Waals surface area contributed by atoms with Crippen molar-refractivity contribution in [1.29, 1.82) is 0 Å². The predicted molar refractivity (Wildman–Crippen MR) is 123 cm³/mol. The summed E-state index contributed by atoms with van der Waals surface area (Å²) in [5.41, 5.74) is 8.14. The van der Waals surface area contributed by atoms with Crippen molar-refractivity contribution in [3.05, 3.63) is 76.8 Å². The summed E-state index contributed by atoms with van der Waals surface area (Å²) in [6.45, 7) is 1.79. The molecular weight excluding hydrogens is 429 g/mol. The Morgan fingerprint density at radius 2 is 2.09 bits per heavy atom. The number of aromatic nitrogens is 2. The molecule has 0 saturated carbocycles. The molecule has 1 aliphatic rings. The summed E-state index contributed by atoms with van der Waals surface area (Å²) in [5.74, 6) is -1.38. The maximum Gasteiger partial charge on any atom is 0.353 e. The van der Waals surface area contributed by atoms with Gasteiger partial charge in [0.15, 0.2) is 5.78 Å². The number of fused-ring (bicyclic) bond motifs is 2. The highest BCUT2D eigenvalue weighted by Crippen LogP contribution is 2.36. The van der Waals surface area contributed by atoms with Gasteiger partial charge in [-0.15, -0.1) is 0 Å². The van der Waals surface area contributed by atoms with Gasteiger partial charge in [0.25, 0.3) is 0 Å². The molecule has 0 bridgehead atoms. The number of halogens is 1. The molecule has 0 amide bonds. The van der Waals surface area contributed by atoms with Gasteiger partial charge >= 0.3 is 5.97 Å². The van der Waals surface area contributed by atoms with E-state index in [9.17, 15) is 19.1 Å². The Kier molecular flexibility index (Phi) is 4.67. The average molecular weight is 447 g/mol. The molecule has 32 heavy (non-hydrogen) atoms. The van der Waals surface area contributed by atoms with Crippen molar-refractivity contribution >= 4 is 55.7 Å². The third-order valence-electron chi connectivity index (χ3n) is 5.72. The fourth-order valence-electron chi connectivity index (χ4n) is 4.19. The van der Waals surface area contributed by atoms with Gasteiger partial charge in [-0.1, -0.05) is 24.3 Å². The number of aromatic carboxylic acids is 1.